The second-order valence-corrected chi connectivity index (χ2v) is 6.89. The van der Waals surface area contributed by atoms with Gasteiger partial charge in [-0.1, -0.05) is 19.1 Å². The summed E-state index contributed by atoms with van der Waals surface area (Å²) in [5, 5.41) is 3.65. The minimum Gasteiger partial charge on any atom is -0.378 e. The van der Waals surface area contributed by atoms with Crippen LogP contribution in [0.15, 0.2) is 30.3 Å². The Balaban J connectivity index is 1.75. The van der Waals surface area contributed by atoms with Gasteiger partial charge in [-0.2, -0.15) is 0 Å². The molecule has 1 heterocycles. The molecule has 2 aromatic rings. The van der Waals surface area contributed by atoms with Crippen molar-refractivity contribution in [2.45, 2.75) is 52.0 Å². The van der Waals surface area contributed by atoms with E-state index in [9.17, 15) is 0 Å². The zero-order valence-corrected chi connectivity index (χ0v) is 13.2. The second kappa shape index (κ2) is 6.01. The topological polar surface area (TPSA) is 12.0 Å². The van der Waals surface area contributed by atoms with E-state index < -0.39 is 0 Å². The standard InChI is InChI=1S/C18H23NS/c1-3-14-7-6-9-16(11-14)19-13(2)18-12-15-8-4-5-10-17(15)20-18/h6-7,9,11-13,19H,3-5,8,10H2,1-2H3. The Morgan fingerprint density at radius 2 is 2.05 bits per heavy atom. The Hall–Kier alpha value is -1.28. The van der Waals surface area contributed by atoms with E-state index in [1.165, 1.54) is 41.8 Å². The SMILES string of the molecule is CCc1cccc(NC(C)c2cc3c(s2)CCCC3)c1. The highest BCUT2D eigenvalue weighted by Crippen LogP contribution is 2.34. The zero-order chi connectivity index (χ0) is 13.9. The zero-order valence-electron chi connectivity index (χ0n) is 12.4. The molecule has 20 heavy (non-hydrogen) atoms. The molecule has 1 unspecified atom stereocenters. The summed E-state index contributed by atoms with van der Waals surface area (Å²) < 4.78 is 0. The summed E-state index contributed by atoms with van der Waals surface area (Å²) in [6.07, 6.45) is 6.40. The molecule has 1 atom stereocenters. The average Bonchev–Trinajstić information content (AvgIpc) is 2.91. The molecule has 0 amide bonds. The molecule has 1 aromatic heterocycles. The van der Waals surface area contributed by atoms with Crippen LogP contribution in [0.3, 0.4) is 0 Å². The van der Waals surface area contributed by atoms with Gasteiger partial charge < -0.3 is 5.32 Å². The van der Waals surface area contributed by atoms with Crippen LogP contribution < -0.4 is 5.32 Å². The van der Waals surface area contributed by atoms with E-state index in [0.29, 0.717) is 6.04 Å². The molecule has 3 rings (SSSR count). The van der Waals surface area contributed by atoms with Crippen LogP contribution >= 0.6 is 11.3 Å². The van der Waals surface area contributed by atoms with E-state index in [1.807, 2.05) is 11.3 Å². The number of hydrogen-bond acceptors (Lipinski definition) is 2. The van der Waals surface area contributed by atoms with Crippen molar-refractivity contribution in [3.05, 3.63) is 51.2 Å². The van der Waals surface area contributed by atoms with Crippen LogP contribution in [0.5, 0.6) is 0 Å². The Morgan fingerprint density at radius 1 is 1.20 bits per heavy atom. The van der Waals surface area contributed by atoms with E-state index in [1.54, 1.807) is 10.4 Å². The molecule has 1 nitrogen and oxygen atoms in total. The van der Waals surface area contributed by atoms with E-state index >= 15 is 0 Å². The Bertz CT molecular complexity index is 561. The number of nitrogens with one attached hydrogen (secondary N) is 1. The Labute approximate surface area is 126 Å². The van der Waals surface area contributed by atoms with Gasteiger partial charge in [0.2, 0.25) is 0 Å². The number of hydrogen-bond donors (Lipinski definition) is 1. The molecule has 1 aromatic carbocycles. The van der Waals surface area contributed by atoms with Gasteiger partial charge in [-0.25, -0.2) is 0 Å². The van der Waals surface area contributed by atoms with Crippen molar-refractivity contribution in [2.75, 3.05) is 5.32 Å². The summed E-state index contributed by atoms with van der Waals surface area (Å²) in [6.45, 7) is 4.48. The summed E-state index contributed by atoms with van der Waals surface area (Å²) in [7, 11) is 0. The summed E-state index contributed by atoms with van der Waals surface area (Å²) in [5.41, 5.74) is 4.24. The second-order valence-electron chi connectivity index (χ2n) is 5.72. The fraction of sp³-hybridized carbons (Fsp3) is 0.444. The molecule has 0 spiro atoms. The van der Waals surface area contributed by atoms with Crippen molar-refractivity contribution in [1.29, 1.82) is 0 Å². The van der Waals surface area contributed by atoms with E-state index in [4.69, 9.17) is 0 Å². The largest absolute Gasteiger partial charge is 0.378 e. The van der Waals surface area contributed by atoms with Crippen LogP contribution in [-0.2, 0) is 19.3 Å². The van der Waals surface area contributed by atoms with Crippen LogP contribution in [0.1, 0.15) is 53.6 Å². The highest BCUT2D eigenvalue weighted by atomic mass is 32.1. The molecule has 2 heteroatoms. The van der Waals surface area contributed by atoms with Gasteiger partial charge in [-0.3, -0.25) is 0 Å². The summed E-state index contributed by atoms with van der Waals surface area (Å²) in [6, 6.07) is 11.6. The van der Waals surface area contributed by atoms with Crippen molar-refractivity contribution < 1.29 is 0 Å². The summed E-state index contributed by atoms with van der Waals surface area (Å²) >= 11 is 2.01. The fourth-order valence-electron chi connectivity index (χ4n) is 2.93. The first-order valence-corrected chi connectivity index (χ1v) is 8.55. The maximum absolute atomic E-state index is 3.65. The lowest BCUT2D eigenvalue weighted by atomic mass is 9.99. The predicted molar refractivity (Wildman–Crippen MR) is 88.8 cm³/mol. The average molecular weight is 285 g/mol. The first-order chi connectivity index (χ1) is 9.76. The number of thiophene rings is 1. The molecule has 1 N–H and O–H groups in total. The lowest BCUT2D eigenvalue weighted by Gasteiger charge is -2.14. The molecule has 1 aliphatic rings. The van der Waals surface area contributed by atoms with Crippen LogP contribution in [0.4, 0.5) is 5.69 Å². The van der Waals surface area contributed by atoms with E-state index in [-0.39, 0.29) is 0 Å². The van der Waals surface area contributed by atoms with Gasteiger partial charge in [0.15, 0.2) is 0 Å². The van der Waals surface area contributed by atoms with Gasteiger partial charge in [0.25, 0.3) is 0 Å². The maximum Gasteiger partial charge on any atom is 0.0578 e. The van der Waals surface area contributed by atoms with Crippen LogP contribution in [-0.4, -0.2) is 0 Å². The van der Waals surface area contributed by atoms with Crippen LogP contribution in [0.2, 0.25) is 0 Å². The van der Waals surface area contributed by atoms with Gasteiger partial charge in [0.05, 0.1) is 6.04 Å². The van der Waals surface area contributed by atoms with Gasteiger partial charge in [0, 0.05) is 15.4 Å². The van der Waals surface area contributed by atoms with Gasteiger partial charge >= 0.3 is 0 Å². The quantitative estimate of drug-likeness (QED) is 0.797. The maximum atomic E-state index is 3.65. The molecule has 0 aliphatic heterocycles. The molecule has 0 bridgehead atoms. The van der Waals surface area contributed by atoms with E-state index in [0.717, 1.165) is 6.42 Å². The highest BCUT2D eigenvalue weighted by Gasteiger charge is 2.16. The third kappa shape index (κ3) is 2.90. The molecular weight excluding hydrogens is 262 g/mol. The third-order valence-electron chi connectivity index (χ3n) is 4.16. The molecule has 0 saturated heterocycles. The van der Waals surface area contributed by atoms with Gasteiger partial charge in [-0.05, 0) is 68.4 Å². The number of fused-ring (bicyclic) bond motifs is 1. The van der Waals surface area contributed by atoms with E-state index in [2.05, 4.69) is 49.5 Å². The molecular formula is C18H23NS. The van der Waals surface area contributed by atoms with Crippen molar-refractivity contribution in [1.82, 2.24) is 0 Å². The molecule has 0 saturated carbocycles. The smallest absolute Gasteiger partial charge is 0.0578 e. The number of anilines is 1. The Kier molecular flexibility index (Phi) is 4.11. The van der Waals surface area contributed by atoms with Crippen LogP contribution in [0.25, 0.3) is 0 Å². The van der Waals surface area contributed by atoms with Crippen molar-refractivity contribution in [2.24, 2.45) is 0 Å². The normalized spacial score (nSPS) is 15.7. The first-order valence-electron chi connectivity index (χ1n) is 7.73. The lowest BCUT2D eigenvalue weighted by molar-refractivity contribution is 0.696. The van der Waals surface area contributed by atoms with Crippen LogP contribution in [0, 0.1) is 0 Å². The fourth-order valence-corrected chi connectivity index (χ4v) is 4.19. The molecule has 106 valence electrons. The molecule has 0 radical (unpaired) electrons. The lowest BCUT2D eigenvalue weighted by Crippen LogP contribution is -2.05. The molecule has 1 aliphatic carbocycles. The predicted octanol–water partition coefficient (Wildman–Crippen LogP) is 5.36. The first kappa shape index (κ1) is 13.7. The monoisotopic (exact) mass is 285 g/mol. The summed E-state index contributed by atoms with van der Waals surface area (Å²) in [4.78, 5) is 3.11. The van der Waals surface area contributed by atoms with Crippen molar-refractivity contribution in [3.8, 4) is 0 Å². The number of aryl methyl sites for hydroxylation is 3. The van der Waals surface area contributed by atoms with Gasteiger partial charge in [-0.15, -0.1) is 11.3 Å². The minimum atomic E-state index is 0.401. The van der Waals surface area contributed by atoms with Gasteiger partial charge in [0.1, 0.15) is 0 Å². The van der Waals surface area contributed by atoms with Crippen molar-refractivity contribution in [3.63, 3.8) is 0 Å². The minimum absolute atomic E-state index is 0.401. The molecule has 0 fully saturated rings. The number of benzene rings is 1. The number of rotatable bonds is 4. The van der Waals surface area contributed by atoms with Crippen molar-refractivity contribution >= 4 is 17.0 Å². The Morgan fingerprint density at radius 3 is 2.85 bits per heavy atom. The summed E-state index contributed by atoms with van der Waals surface area (Å²) in [5.74, 6) is 0. The highest BCUT2D eigenvalue weighted by molar-refractivity contribution is 7.12. The third-order valence-corrected chi connectivity index (χ3v) is 5.58.